The minimum Gasteiger partial charge on any atom is -0.337 e. The van der Waals surface area contributed by atoms with Gasteiger partial charge in [0.05, 0.1) is 5.56 Å². The van der Waals surface area contributed by atoms with Gasteiger partial charge in [-0.05, 0) is 38.7 Å². The first kappa shape index (κ1) is 13.8. The van der Waals surface area contributed by atoms with Crippen LogP contribution in [0.5, 0.6) is 0 Å². The number of nitrogens with zero attached hydrogens (tertiary/aromatic N) is 5. The second kappa shape index (κ2) is 5.65. The van der Waals surface area contributed by atoms with Crippen LogP contribution in [0.1, 0.15) is 16.8 Å². The minimum atomic E-state index is 0.0545. The van der Waals surface area contributed by atoms with Crippen LogP contribution in [0.15, 0.2) is 36.8 Å². The van der Waals surface area contributed by atoms with E-state index in [0.717, 1.165) is 19.5 Å². The van der Waals surface area contributed by atoms with Gasteiger partial charge in [-0.15, -0.1) is 0 Å². The van der Waals surface area contributed by atoms with Crippen LogP contribution in [-0.2, 0) is 0 Å². The molecule has 0 aliphatic carbocycles. The summed E-state index contributed by atoms with van der Waals surface area (Å²) in [6, 6.07) is 5.92. The number of carbonyl (C=O) groups excluding carboxylic acids is 1. The van der Waals surface area contributed by atoms with E-state index in [2.05, 4.69) is 29.1 Å². The Hall–Kier alpha value is -2.21. The molecule has 0 radical (unpaired) electrons. The second-order valence-corrected chi connectivity index (χ2v) is 5.51. The lowest BCUT2D eigenvalue weighted by Crippen LogP contribution is -2.34. The van der Waals surface area contributed by atoms with Crippen molar-refractivity contribution in [2.75, 3.05) is 27.2 Å². The van der Waals surface area contributed by atoms with Crippen LogP contribution in [0.3, 0.4) is 0 Å². The lowest BCUT2D eigenvalue weighted by molar-refractivity contribution is 0.0782. The fraction of sp³-hybridized carbons (Fsp3) is 0.400. The Kier molecular flexibility index (Phi) is 3.70. The number of hydrogen-bond acceptors (Lipinski definition) is 4. The molecule has 110 valence electrons. The van der Waals surface area contributed by atoms with Crippen molar-refractivity contribution < 1.29 is 4.79 Å². The predicted octanol–water partition coefficient (Wildman–Crippen LogP) is 1.04. The monoisotopic (exact) mass is 285 g/mol. The number of likely N-dealkylation sites (N-methyl/N-ethyl adjacent to an activating group) is 1. The van der Waals surface area contributed by atoms with Crippen LogP contribution in [0.4, 0.5) is 0 Å². The maximum absolute atomic E-state index is 12.5. The summed E-state index contributed by atoms with van der Waals surface area (Å²) in [5.41, 5.74) is 0.630. The van der Waals surface area contributed by atoms with E-state index >= 15 is 0 Å². The molecule has 1 amide bonds. The van der Waals surface area contributed by atoms with Gasteiger partial charge in [0.1, 0.15) is 0 Å². The average molecular weight is 285 g/mol. The molecule has 6 heteroatoms. The van der Waals surface area contributed by atoms with Crippen LogP contribution in [0.25, 0.3) is 5.82 Å². The molecule has 1 aliphatic rings. The Labute approximate surface area is 124 Å². The van der Waals surface area contributed by atoms with E-state index in [-0.39, 0.29) is 5.91 Å². The number of pyridine rings is 1. The van der Waals surface area contributed by atoms with E-state index in [1.165, 1.54) is 0 Å². The quantitative estimate of drug-likeness (QED) is 0.845. The van der Waals surface area contributed by atoms with Gasteiger partial charge < -0.3 is 9.80 Å². The zero-order chi connectivity index (χ0) is 14.8. The summed E-state index contributed by atoms with van der Waals surface area (Å²) < 4.78 is 1.67. The molecule has 0 N–H and O–H groups in total. The van der Waals surface area contributed by atoms with Crippen LogP contribution < -0.4 is 0 Å². The van der Waals surface area contributed by atoms with E-state index in [0.29, 0.717) is 17.4 Å². The molecule has 1 aliphatic heterocycles. The Balaban J connectivity index is 1.71. The molecular formula is C15H19N5O. The first-order valence-corrected chi connectivity index (χ1v) is 7.07. The molecule has 0 bridgehead atoms. The van der Waals surface area contributed by atoms with Crippen LogP contribution in [-0.4, -0.2) is 63.7 Å². The summed E-state index contributed by atoms with van der Waals surface area (Å²) in [6.45, 7) is 1.59. The first-order chi connectivity index (χ1) is 10.1. The minimum absolute atomic E-state index is 0.0545. The molecule has 1 saturated heterocycles. The van der Waals surface area contributed by atoms with Gasteiger partial charge >= 0.3 is 0 Å². The lowest BCUT2D eigenvalue weighted by atomic mass is 10.2. The van der Waals surface area contributed by atoms with E-state index in [9.17, 15) is 4.79 Å². The highest BCUT2D eigenvalue weighted by Crippen LogP contribution is 2.16. The summed E-state index contributed by atoms with van der Waals surface area (Å²) in [4.78, 5) is 20.8. The number of likely N-dealkylation sites (tertiary alicyclic amines) is 1. The van der Waals surface area contributed by atoms with E-state index in [4.69, 9.17) is 0 Å². The summed E-state index contributed by atoms with van der Waals surface area (Å²) in [6.07, 6.45) is 6.18. The van der Waals surface area contributed by atoms with Crippen molar-refractivity contribution >= 4 is 5.91 Å². The zero-order valence-corrected chi connectivity index (χ0v) is 12.3. The topological polar surface area (TPSA) is 54.3 Å². The molecule has 0 aromatic carbocycles. The Bertz CT molecular complexity index is 606. The van der Waals surface area contributed by atoms with Gasteiger partial charge in [-0.25, -0.2) is 9.67 Å². The molecule has 1 atom stereocenters. The van der Waals surface area contributed by atoms with E-state index in [1.54, 1.807) is 17.1 Å². The zero-order valence-electron chi connectivity index (χ0n) is 12.3. The van der Waals surface area contributed by atoms with Gasteiger partial charge in [-0.3, -0.25) is 4.79 Å². The van der Waals surface area contributed by atoms with Crippen LogP contribution in [0, 0.1) is 0 Å². The SMILES string of the molecule is CN(C)[C@@H]1CCN(C(=O)c2ccc(-n3cccn3)nc2)C1. The van der Waals surface area contributed by atoms with Crippen molar-refractivity contribution in [3.05, 3.63) is 42.4 Å². The largest absolute Gasteiger partial charge is 0.337 e. The molecule has 6 nitrogen and oxygen atoms in total. The van der Waals surface area contributed by atoms with Crippen molar-refractivity contribution in [3.8, 4) is 5.82 Å². The normalized spacial score (nSPS) is 18.4. The second-order valence-electron chi connectivity index (χ2n) is 5.51. The average Bonchev–Trinajstić information content (AvgIpc) is 3.18. The number of carbonyl (C=O) groups is 1. The van der Waals surface area contributed by atoms with Crippen LogP contribution in [0.2, 0.25) is 0 Å². The first-order valence-electron chi connectivity index (χ1n) is 7.07. The fourth-order valence-electron chi connectivity index (χ4n) is 2.58. The third-order valence-corrected chi connectivity index (χ3v) is 3.91. The Morgan fingerprint density at radius 3 is 2.81 bits per heavy atom. The summed E-state index contributed by atoms with van der Waals surface area (Å²) >= 11 is 0. The van der Waals surface area contributed by atoms with Gasteiger partial charge in [-0.2, -0.15) is 5.10 Å². The molecule has 2 aromatic rings. The number of rotatable bonds is 3. The smallest absolute Gasteiger partial charge is 0.255 e. The predicted molar refractivity (Wildman–Crippen MR) is 79.4 cm³/mol. The number of amides is 1. The van der Waals surface area contributed by atoms with Gasteiger partial charge in [0, 0.05) is 37.7 Å². The molecule has 0 saturated carbocycles. The summed E-state index contributed by atoms with van der Waals surface area (Å²) in [5.74, 6) is 0.767. The number of aromatic nitrogens is 3. The molecule has 0 unspecified atom stereocenters. The molecule has 1 fully saturated rings. The molecular weight excluding hydrogens is 266 g/mol. The molecule has 2 aromatic heterocycles. The van der Waals surface area contributed by atoms with E-state index in [1.807, 2.05) is 29.3 Å². The van der Waals surface area contributed by atoms with Gasteiger partial charge in [-0.1, -0.05) is 0 Å². The van der Waals surface area contributed by atoms with Crippen molar-refractivity contribution in [3.63, 3.8) is 0 Å². The number of hydrogen-bond donors (Lipinski definition) is 0. The van der Waals surface area contributed by atoms with Gasteiger partial charge in [0.2, 0.25) is 0 Å². The lowest BCUT2D eigenvalue weighted by Gasteiger charge is -2.20. The third-order valence-electron chi connectivity index (χ3n) is 3.91. The molecule has 3 rings (SSSR count). The van der Waals surface area contributed by atoms with Crippen molar-refractivity contribution in [1.82, 2.24) is 24.6 Å². The highest BCUT2D eigenvalue weighted by Gasteiger charge is 2.28. The van der Waals surface area contributed by atoms with Crippen molar-refractivity contribution in [2.24, 2.45) is 0 Å². The molecule has 3 heterocycles. The maximum atomic E-state index is 12.5. The Morgan fingerprint density at radius 1 is 1.38 bits per heavy atom. The van der Waals surface area contributed by atoms with Gasteiger partial charge in [0.25, 0.3) is 5.91 Å². The third kappa shape index (κ3) is 2.80. The molecule has 0 spiro atoms. The van der Waals surface area contributed by atoms with E-state index < -0.39 is 0 Å². The van der Waals surface area contributed by atoms with Crippen LogP contribution >= 0.6 is 0 Å². The highest BCUT2D eigenvalue weighted by molar-refractivity contribution is 5.94. The summed E-state index contributed by atoms with van der Waals surface area (Å²) in [5, 5.41) is 4.12. The fourth-order valence-corrected chi connectivity index (χ4v) is 2.58. The van der Waals surface area contributed by atoms with Crippen molar-refractivity contribution in [1.29, 1.82) is 0 Å². The maximum Gasteiger partial charge on any atom is 0.255 e. The van der Waals surface area contributed by atoms with Gasteiger partial charge in [0.15, 0.2) is 5.82 Å². The standard InChI is InChI=1S/C15H19N5O/c1-18(2)13-6-9-19(11-13)15(21)12-4-5-14(16-10-12)20-8-3-7-17-20/h3-5,7-8,10,13H,6,9,11H2,1-2H3/t13-/m1/s1. The Morgan fingerprint density at radius 2 is 2.24 bits per heavy atom. The summed E-state index contributed by atoms with van der Waals surface area (Å²) in [7, 11) is 4.11. The molecule has 21 heavy (non-hydrogen) atoms. The highest BCUT2D eigenvalue weighted by atomic mass is 16.2. The van der Waals surface area contributed by atoms with Crippen molar-refractivity contribution in [2.45, 2.75) is 12.5 Å².